The van der Waals surface area contributed by atoms with Crippen LogP contribution in [0.3, 0.4) is 0 Å². The van der Waals surface area contributed by atoms with Crippen molar-refractivity contribution in [3.05, 3.63) is 40.4 Å². The minimum atomic E-state index is 0.579. The lowest BCUT2D eigenvalue weighted by Gasteiger charge is -2.03. The van der Waals surface area contributed by atoms with Crippen LogP contribution in [0.1, 0.15) is 16.1 Å². The van der Waals surface area contributed by atoms with Gasteiger partial charge in [0.05, 0.1) is 5.69 Å². The second-order valence-electron chi connectivity index (χ2n) is 3.69. The number of aryl methyl sites for hydroxylation is 2. The molecule has 16 heavy (non-hydrogen) atoms. The number of nitrogens with two attached hydrogens (primary N) is 1. The number of aromatic nitrogens is 1. The van der Waals surface area contributed by atoms with Crippen LogP contribution >= 0.6 is 11.3 Å². The van der Waals surface area contributed by atoms with Crippen molar-refractivity contribution in [3.8, 4) is 0 Å². The Hall–Kier alpha value is -1.39. The highest BCUT2D eigenvalue weighted by Crippen LogP contribution is 2.24. The van der Waals surface area contributed by atoms with E-state index in [4.69, 9.17) is 5.73 Å². The highest BCUT2D eigenvalue weighted by molar-refractivity contribution is 7.15. The first kappa shape index (κ1) is 11.1. The van der Waals surface area contributed by atoms with E-state index < -0.39 is 0 Å². The minimum absolute atomic E-state index is 0.579. The number of thiazole rings is 1. The molecule has 1 aromatic heterocycles. The molecule has 0 amide bonds. The maximum Gasteiger partial charge on any atom is 0.187 e. The first-order valence-corrected chi connectivity index (χ1v) is 6.01. The van der Waals surface area contributed by atoms with Gasteiger partial charge in [0.15, 0.2) is 5.13 Å². The molecule has 84 valence electrons. The number of rotatable bonds is 3. The first-order valence-electron chi connectivity index (χ1n) is 5.19. The maximum absolute atomic E-state index is 5.54. The SMILES string of the molecule is Cc1nc(Nc2ccc(CN)cc2)sc1C. The largest absolute Gasteiger partial charge is 0.332 e. The summed E-state index contributed by atoms with van der Waals surface area (Å²) in [6.07, 6.45) is 0. The standard InChI is InChI=1S/C12H15N3S/c1-8-9(2)16-12(14-8)15-11-5-3-10(7-13)4-6-11/h3-6H,7,13H2,1-2H3,(H,14,15). The molecule has 0 radical (unpaired) electrons. The Morgan fingerprint density at radius 2 is 1.94 bits per heavy atom. The summed E-state index contributed by atoms with van der Waals surface area (Å²) in [4.78, 5) is 5.68. The van der Waals surface area contributed by atoms with Gasteiger partial charge in [-0.3, -0.25) is 0 Å². The molecule has 0 aliphatic rings. The quantitative estimate of drug-likeness (QED) is 0.857. The molecule has 0 aliphatic heterocycles. The molecule has 0 saturated heterocycles. The van der Waals surface area contributed by atoms with E-state index in [0.29, 0.717) is 6.54 Å². The van der Waals surface area contributed by atoms with Gasteiger partial charge in [0.1, 0.15) is 0 Å². The molecule has 1 aromatic carbocycles. The Bertz CT molecular complexity index is 454. The summed E-state index contributed by atoms with van der Waals surface area (Å²) >= 11 is 1.67. The number of nitrogens with zero attached hydrogens (tertiary/aromatic N) is 1. The zero-order chi connectivity index (χ0) is 11.5. The summed E-state index contributed by atoms with van der Waals surface area (Å²) in [5.74, 6) is 0. The molecule has 0 atom stereocenters. The lowest BCUT2D eigenvalue weighted by Crippen LogP contribution is -1.96. The average molecular weight is 233 g/mol. The second-order valence-corrected chi connectivity index (χ2v) is 4.89. The van der Waals surface area contributed by atoms with Crippen molar-refractivity contribution in [2.24, 2.45) is 5.73 Å². The predicted molar refractivity (Wildman–Crippen MR) is 69.2 cm³/mol. The van der Waals surface area contributed by atoms with E-state index in [1.807, 2.05) is 31.2 Å². The van der Waals surface area contributed by atoms with E-state index in [1.165, 1.54) is 4.88 Å². The van der Waals surface area contributed by atoms with Crippen molar-refractivity contribution in [1.82, 2.24) is 4.98 Å². The zero-order valence-electron chi connectivity index (χ0n) is 9.45. The van der Waals surface area contributed by atoms with Gasteiger partial charge < -0.3 is 11.1 Å². The molecule has 0 fully saturated rings. The van der Waals surface area contributed by atoms with Gasteiger partial charge in [0.2, 0.25) is 0 Å². The number of hydrogen-bond acceptors (Lipinski definition) is 4. The van der Waals surface area contributed by atoms with Crippen LogP contribution in [0.15, 0.2) is 24.3 Å². The lowest BCUT2D eigenvalue weighted by molar-refractivity contribution is 1.07. The number of hydrogen-bond donors (Lipinski definition) is 2. The zero-order valence-corrected chi connectivity index (χ0v) is 10.3. The molecular weight excluding hydrogens is 218 g/mol. The fourth-order valence-corrected chi connectivity index (χ4v) is 2.21. The van der Waals surface area contributed by atoms with Crippen LogP contribution in [0.5, 0.6) is 0 Å². The van der Waals surface area contributed by atoms with Gasteiger partial charge in [-0.15, -0.1) is 11.3 Å². The van der Waals surface area contributed by atoms with Crippen LogP contribution in [0.4, 0.5) is 10.8 Å². The third-order valence-corrected chi connectivity index (χ3v) is 3.46. The molecule has 0 bridgehead atoms. The van der Waals surface area contributed by atoms with E-state index in [9.17, 15) is 0 Å². The van der Waals surface area contributed by atoms with Gasteiger partial charge >= 0.3 is 0 Å². The monoisotopic (exact) mass is 233 g/mol. The Morgan fingerprint density at radius 1 is 1.25 bits per heavy atom. The van der Waals surface area contributed by atoms with E-state index in [-0.39, 0.29) is 0 Å². The number of nitrogens with one attached hydrogen (secondary N) is 1. The molecule has 0 unspecified atom stereocenters. The van der Waals surface area contributed by atoms with Gasteiger partial charge in [-0.2, -0.15) is 0 Å². The van der Waals surface area contributed by atoms with Gasteiger partial charge in [0.25, 0.3) is 0 Å². The van der Waals surface area contributed by atoms with Crippen LogP contribution in [-0.2, 0) is 6.54 Å². The Kier molecular flexibility index (Phi) is 3.22. The summed E-state index contributed by atoms with van der Waals surface area (Å²) in [5.41, 5.74) is 8.82. The Labute approximate surface area is 99.3 Å². The fraction of sp³-hybridized carbons (Fsp3) is 0.250. The summed E-state index contributed by atoms with van der Waals surface area (Å²) < 4.78 is 0. The van der Waals surface area contributed by atoms with Gasteiger partial charge in [-0.25, -0.2) is 4.98 Å². The highest BCUT2D eigenvalue weighted by atomic mass is 32.1. The minimum Gasteiger partial charge on any atom is -0.332 e. The molecule has 3 nitrogen and oxygen atoms in total. The number of benzene rings is 1. The molecule has 0 spiro atoms. The predicted octanol–water partition coefficient (Wildman–Crippen LogP) is 2.96. The van der Waals surface area contributed by atoms with Crippen molar-refractivity contribution < 1.29 is 0 Å². The molecule has 0 aliphatic carbocycles. The van der Waals surface area contributed by atoms with E-state index in [2.05, 4.69) is 17.2 Å². The molecule has 1 heterocycles. The average Bonchev–Trinajstić information content (AvgIpc) is 2.59. The van der Waals surface area contributed by atoms with Crippen LogP contribution in [0.25, 0.3) is 0 Å². The topological polar surface area (TPSA) is 50.9 Å². The Morgan fingerprint density at radius 3 is 2.44 bits per heavy atom. The number of anilines is 2. The van der Waals surface area contributed by atoms with Crippen LogP contribution in [0, 0.1) is 13.8 Å². The van der Waals surface area contributed by atoms with Crippen molar-refractivity contribution in [2.45, 2.75) is 20.4 Å². The molecule has 2 rings (SSSR count). The highest BCUT2D eigenvalue weighted by Gasteiger charge is 2.03. The van der Waals surface area contributed by atoms with Crippen molar-refractivity contribution in [1.29, 1.82) is 0 Å². The molecule has 3 N–H and O–H groups in total. The Balaban J connectivity index is 2.14. The third kappa shape index (κ3) is 2.40. The van der Waals surface area contributed by atoms with Crippen LogP contribution in [0.2, 0.25) is 0 Å². The molecule has 0 saturated carbocycles. The molecular formula is C12H15N3S. The summed E-state index contributed by atoms with van der Waals surface area (Å²) in [7, 11) is 0. The van der Waals surface area contributed by atoms with Crippen LogP contribution < -0.4 is 11.1 Å². The molecule has 4 heteroatoms. The van der Waals surface area contributed by atoms with Crippen LogP contribution in [-0.4, -0.2) is 4.98 Å². The molecule has 2 aromatic rings. The lowest BCUT2D eigenvalue weighted by atomic mass is 10.2. The van der Waals surface area contributed by atoms with Crippen molar-refractivity contribution in [2.75, 3.05) is 5.32 Å². The van der Waals surface area contributed by atoms with E-state index in [1.54, 1.807) is 11.3 Å². The first-order chi connectivity index (χ1) is 7.69. The van der Waals surface area contributed by atoms with E-state index in [0.717, 1.165) is 22.1 Å². The van der Waals surface area contributed by atoms with Gasteiger partial charge in [-0.05, 0) is 31.5 Å². The van der Waals surface area contributed by atoms with Gasteiger partial charge in [0, 0.05) is 17.1 Å². The third-order valence-electron chi connectivity index (χ3n) is 2.47. The smallest absolute Gasteiger partial charge is 0.187 e. The fourth-order valence-electron chi connectivity index (χ4n) is 1.37. The van der Waals surface area contributed by atoms with Crippen molar-refractivity contribution >= 4 is 22.2 Å². The second kappa shape index (κ2) is 4.63. The maximum atomic E-state index is 5.54. The normalized spacial score (nSPS) is 10.4. The van der Waals surface area contributed by atoms with E-state index >= 15 is 0 Å². The summed E-state index contributed by atoms with van der Waals surface area (Å²) in [6, 6.07) is 8.09. The summed E-state index contributed by atoms with van der Waals surface area (Å²) in [5, 5.41) is 4.22. The van der Waals surface area contributed by atoms with Crippen molar-refractivity contribution in [3.63, 3.8) is 0 Å². The summed E-state index contributed by atoms with van der Waals surface area (Å²) in [6.45, 7) is 4.68. The van der Waals surface area contributed by atoms with Gasteiger partial charge in [-0.1, -0.05) is 12.1 Å².